The Morgan fingerprint density at radius 3 is 2.56 bits per heavy atom. The van der Waals surface area contributed by atoms with Crippen molar-refractivity contribution in [3.8, 4) is 12.3 Å². The van der Waals surface area contributed by atoms with Crippen LogP contribution >= 0.6 is 0 Å². The summed E-state index contributed by atoms with van der Waals surface area (Å²) in [7, 11) is 0. The highest BCUT2D eigenvalue weighted by molar-refractivity contribution is 5.76. The van der Waals surface area contributed by atoms with Crippen LogP contribution in [0.3, 0.4) is 0 Å². The van der Waals surface area contributed by atoms with Gasteiger partial charge in [0.25, 0.3) is 0 Å². The van der Waals surface area contributed by atoms with E-state index >= 15 is 0 Å². The number of carboxylic acids is 1. The Morgan fingerprint density at radius 2 is 2.12 bits per heavy atom. The topological polar surface area (TPSA) is 78.4 Å². The first-order valence-corrected chi connectivity index (χ1v) is 5.24. The van der Waals surface area contributed by atoms with Crippen molar-refractivity contribution in [3.05, 3.63) is 0 Å². The molecule has 0 saturated heterocycles. The number of carbonyl (C=O) groups excluding carboxylic acids is 1. The van der Waals surface area contributed by atoms with Gasteiger partial charge in [-0.1, -0.05) is 26.2 Å². The summed E-state index contributed by atoms with van der Waals surface area (Å²) in [5.74, 6) is 0.904. The number of carboxylic acid groups (broad SMARTS) is 1. The normalized spacial score (nSPS) is 13.3. The Morgan fingerprint density at radius 1 is 1.50 bits per heavy atom. The smallest absolute Gasteiger partial charge is 0.315 e. The second kappa shape index (κ2) is 7.57. The monoisotopic (exact) mass is 226 g/mol. The maximum atomic E-state index is 11.3. The fraction of sp³-hybridized carbons (Fsp3) is 0.636. The van der Waals surface area contributed by atoms with Crippen LogP contribution in [0, 0.1) is 18.3 Å². The molecule has 0 heterocycles. The lowest BCUT2D eigenvalue weighted by Crippen LogP contribution is -2.43. The van der Waals surface area contributed by atoms with E-state index < -0.39 is 17.9 Å². The van der Waals surface area contributed by atoms with Gasteiger partial charge in [-0.15, -0.1) is 6.42 Å². The van der Waals surface area contributed by atoms with Crippen molar-refractivity contribution in [2.24, 2.45) is 5.92 Å². The summed E-state index contributed by atoms with van der Waals surface area (Å²) in [6.07, 6.45) is 6.81. The third kappa shape index (κ3) is 5.91. The van der Waals surface area contributed by atoms with Gasteiger partial charge < -0.3 is 15.7 Å². The molecule has 5 nitrogen and oxygen atoms in total. The van der Waals surface area contributed by atoms with Crippen molar-refractivity contribution < 1.29 is 14.7 Å². The molecule has 16 heavy (non-hydrogen) atoms. The maximum Gasteiger partial charge on any atom is 0.315 e. The van der Waals surface area contributed by atoms with E-state index in [0.29, 0.717) is 6.42 Å². The molecule has 5 heteroatoms. The van der Waals surface area contributed by atoms with Gasteiger partial charge in [-0.25, -0.2) is 4.79 Å². The van der Waals surface area contributed by atoms with E-state index in [0.717, 1.165) is 6.42 Å². The van der Waals surface area contributed by atoms with Crippen LogP contribution in [0.25, 0.3) is 0 Å². The van der Waals surface area contributed by atoms with Crippen molar-refractivity contribution in [2.75, 3.05) is 6.54 Å². The van der Waals surface area contributed by atoms with Crippen molar-refractivity contribution in [1.82, 2.24) is 10.6 Å². The van der Waals surface area contributed by atoms with Gasteiger partial charge in [-0.3, -0.25) is 4.79 Å². The van der Waals surface area contributed by atoms with Crippen LogP contribution < -0.4 is 10.6 Å². The quantitative estimate of drug-likeness (QED) is 0.586. The Bertz CT molecular complexity index is 283. The second-order valence-corrected chi connectivity index (χ2v) is 3.60. The predicted octanol–water partition coefficient (Wildman–Crippen LogP) is 0.808. The van der Waals surface area contributed by atoms with E-state index in [1.54, 1.807) is 0 Å². The summed E-state index contributed by atoms with van der Waals surface area (Å²) in [5, 5.41) is 13.6. The summed E-state index contributed by atoms with van der Waals surface area (Å²) >= 11 is 0. The molecule has 0 aromatic carbocycles. The lowest BCUT2D eigenvalue weighted by Gasteiger charge is -2.14. The SMILES string of the molecule is C#CC(CCC)NC(=O)NCC(C)C(=O)O. The Labute approximate surface area is 95.6 Å². The summed E-state index contributed by atoms with van der Waals surface area (Å²) in [6.45, 7) is 3.58. The first-order valence-electron chi connectivity index (χ1n) is 5.24. The first-order chi connectivity index (χ1) is 7.51. The summed E-state index contributed by atoms with van der Waals surface area (Å²) < 4.78 is 0. The average Bonchev–Trinajstić information content (AvgIpc) is 2.24. The molecule has 0 aliphatic rings. The second-order valence-electron chi connectivity index (χ2n) is 3.60. The molecule has 0 aromatic heterocycles. The standard InChI is InChI=1S/C11H18N2O3/c1-4-6-9(5-2)13-11(16)12-7-8(3)10(14)15/h2,8-9H,4,6-7H2,1,3H3,(H,14,15)(H2,12,13,16). The number of terminal acetylenes is 1. The average molecular weight is 226 g/mol. The molecule has 0 saturated carbocycles. The molecule has 0 aromatic rings. The number of rotatable bonds is 6. The maximum absolute atomic E-state index is 11.3. The van der Waals surface area contributed by atoms with Crippen molar-refractivity contribution in [2.45, 2.75) is 32.7 Å². The molecule has 0 aliphatic carbocycles. The Balaban J connectivity index is 3.90. The van der Waals surface area contributed by atoms with Gasteiger partial charge in [0.05, 0.1) is 12.0 Å². The van der Waals surface area contributed by atoms with Crippen LogP contribution in [0.5, 0.6) is 0 Å². The lowest BCUT2D eigenvalue weighted by atomic mass is 10.2. The highest BCUT2D eigenvalue weighted by Crippen LogP contribution is 1.95. The number of nitrogens with one attached hydrogen (secondary N) is 2. The van der Waals surface area contributed by atoms with Crippen LogP contribution in [0.15, 0.2) is 0 Å². The van der Waals surface area contributed by atoms with E-state index in [2.05, 4.69) is 16.6 Å². The molecule has 0 spiro atoms. The van der Waals surface area contributed by atoms with Crippen molar-refractivity contribution in [1.29, 1.82) is 0 Å². The summed E-state index contributed by atoms with van der Waals surface area (Å²) in [5.41, 5.74) is 0. The molecule has 2 atom stereocenters. The van der Waals surface area contributed by atoms with Gasteiger partial charge in [-0.2, -0.15) is 0 Å². The van der Waals surface area contributed by atoms with Crippen LogP contribution in [-0.4, -0.2) is 29.7 Å². The minimum absolute atomic E-state index is 0.0879. The van der Waals surface area contributed by atoms with Crippen LogP contribution in [-0.2, 0) is 4.79 Å². The number of carbonyl (C=O) groups is 2. The van der Waals surface area contributed by atoms with E-state index in [-0.39, 0.29) is 12.6 Å². The molecule has 0 radical (unpaired) electrons. The molecule has 0 fully saturated rings. The van der Waals surface area contributed by atoms with Gasteiger partial charge in [0, 0.05) is 6.54 Å². The third-order valence-corrected chi connectivity index (χ3v) is 2.07. The minimum atomic E-state index is -0.942. The van der Waals surface area contributed by atoms with Gasteiger partial charge in [0.2, 0.25) is 0 Å². The minimum Gasteiger partial charge on any atom is -0.481 e. The molecule has 2 amide bonds. The largest absolute Gasteiger partial charge is 0.481 e. The number of amides is 2. The van der Waals surface area contributed by atoms with E-state index in [9.17, 15) is 9.59 Å². The lowest BCUT2D eigenvalue weighted by molar-refractivity contribution is -0.140. The molecular weight excluding hydrogens is 208 g/mol. The summed E-state index contributed by atoms with van der Waals surface area (Å²) in [4.78, 5) is 21.8. The van der Waals surface area contributed by atoms with Crippen molar-refractivity contribution >= 4 is 12.0 Å². The van der Waals surface area contributed by atoms with Gasteiger partial charge in [0.1, 0.15) is 0 Å². The third-order valence-electron chi connectivity index (χ3n) is 2.07. The molecular formula is C11H18N2O3. The van der Waals surface area contributed by atoms with Crippen molar-refractivity contribution in [3.63, 3.8) is 0 Å². The molecule has 2 unspecified atom stereocenters. The molecule has 0 rings (SSSR count). The number of urea groups is 1. The molecule has 3 N–H and O–H groups in total. The highest BCUT2D eigenvalue weighted by Gasteiger charge is 2.13. The van der Waals surface area contributed by atoms with Crippen LogP contribution in [0.2, 0.25) is 0 Å². The van der Waals surface area contributed by atoms with E-state index in [4.69, 9.17) is 11.5 Å². The van der Waals surface area contributed by atoms with Gasteiger partial charge >= 0.3 is 12.0 Å². The zero-order chi connectivity index (χ0) is 12.6. The van der Waals surface area contributed by atoms with Crippen LogP contribution in [0.4, 0.5) is 4.79 Å². The highest BCUT2D eigenvalue weighted by atomic mass is 16.4. The summed E-state index contributed by atoms with van der Waals surface area (Å²) in [6, 6.07) is -0.727. The van der Waals surface area contributed by atoms with Crippen LogP contribution in [0.1, 0.15) is 26.7 Å². The zero-order valence-electron chi connectivity index (χ0n) is 9.62. The fourth-order valence-electron chi connectivity index (χ4n) is 1.03. The Kier molecular flexibility index (Phi) is 6.77. The zero-order valence-corrected chi connectivity index (χ0v) is 9.62. The fourth-order valence-corrected chi connectivity index (χ4v) is 1.03. The Hall–Kier alpha value is -1.70. The number of hydrogen-bond donors (Lipinski definition) is 3. The number of hydrogen-bond acceptors (Lipinski definition) is 2. The van der Waals surface area contributed by atoms with E-state index in [1.807, 2.05) is 6.92 Å². The molecule has 90 valence electrons. The van der Waals surface area contributed by atoms with E-state index in [1.165, 1.54) is 6.92 Å². The van der Waals surface area contributed by atoms with Gasteiger partial charge in [-0.05, 0) is 6.42 Å². The van der Waals surface area contributed by atoms with Gasteiger partial charge in [0.15, 0.2) is 0 Å². The molecule has 0 bridgehead atoms. The number of aliphatic carboxylic acids is 1. The first kappa shape index (κ1) is 14.3. The molecule has 0 aliphatic heterocycles. The predicted molar refractivity (Wildman–Crippen MR) is 60.9 cm³/mol.